The summed E-state index contributed by atoms with van der Waals surface area (Å²) in [4.78, 5) is 13.7. The fraction of sp³-hybridized carbons (Fsp3) is 0.611. The van der Waals surface area contributed by atoms with Crippen LogP contribution in [0, 0.1) is 5.92 Å². The third-order valence-electron chi connectivity index (χ3n) is 4.87. The Kier molecular flexibility index (Phi) is 5.11. The summed E-state index contributed by atoms with van der Waals surface area (Å²) in [6, 6.07) is 8.66. The average Bonchev–Trinajstić information content (AvgIpc) is 3.04. The molecule has 4 heteroatoms. The predicted octanol–water partition coefficient (Wildman–Crippen LogP) is 2.75. The lowest BCUT2D eigenvalue weighted by Crippen LogP contribution is -2.46. The molecule has 0 bridgehead atoms. The number of benzene rings is 1. The lowest BCUT2D eigenvalue weighted by molar-refractivity contribution is -0.131. The molecule has 1 atom stereocenters. The van der Waals surface area contributed by atoms with Crippen LogP contribution in [0.2, 0.25) is 0 Å². The molecule has 1 aliphatic heterocycles. The highest BCUT2D eigenvalue weighted by Crippen LogP contribution is 2.40. The number of nitrogens with one attached hydrogen (secondary N) is 1. The van der Waals surface area contributed by atoms with Gasteiger partial charge in [0.05, 0.1) is 0 Å². The molecule has 1 aromatic rings. The largest absolute Gasteiger partial charge is 0.427 e. The number of hydrogen-bond acceptors (Lipinski definition) is 4. The zero-order valence-corrected chi connectivity index (χ0v) is 13.4. The van der Waals surface area contributed by atoms with E-state index in [-0.39, 0.29) is 5.97 Å². The van der Waals surface area contributed by atoms with Gasteiger partial charge in [0.2, 0.25) is 0 Å². The lowest BCUT2D eigenvalue weighted by atomic mass is 9.89. The third-order valence-corrected chi connectivity index (χ3v) is 4.87. The summed E-state index contributed by atoms with van der Waals surface area (Å²) >= 11 is 0. The first-order valence-electron chi connectivity index (χ1n) is 8.47. The molecule has 0 spiro atoms. The van der Waals surface area contributed by atoms with Crippen molar-refractivity contribution in [2.75, 3.05) is 26.2 Å². The molecule has 22 heavy (non-hydrogen) atoms. The monoisotopic (exact) mass is 302 g/mol. The summed E-state index contributed by atoms with van der Waals surface area (Å²) in [5, 5.41) is 3.44. The van der Waals surface area contributed by atoms with E-state index in [1.807, 2.05) is 12.1 Å². The first kappa shape index (κ1) is 15.5. The Hall–Kier alpha value is -1.39. The van der Waals surface area contributed by atoms with Crippen molar-refractivity contribution in [1.29, 1.82) is 0 Å². The van der Waals surface area contributed by atoms with E-state index in [0.29, 0.717) is 11.8 Å². The molecule has 1 heterocycles. The molecular formula is C18H26N2O2. The third kappa shape index (κ3) is 3.68. The maximum Gasteiger partial charge on any atom is 0.308 e. The van der Waals surface area contributed by atoms with Crippen LogP contribution in [-0.4, -0.2) is 37.0 Å². The van der Waals surface area contributed by atoms with Crippen LogP contribution in [0.3, 0.4) is 0 Å². The SMILES string of the molecule is CC(=O)Oc1ccc([C@H](C2CCCC2)N2CCNCC2)cc1. The van der Waals surface area contributed by atoms with E-state index in [0.717, 1.165) is 32.1 Å². The first-order valence-corrected chi connectivity index (χ1v) is 8.47. The van der Waals surface area contributed by atoms with Crippen LogP contribution in [0.15, 0.2) is 24.3 Å². The van der Waals surface area contributed by atoms with E-state index in [2.05, 4.69) is 22.3 Å². The molecular weight excluding hydrogens is 276 g/mol. The van der Waals surface area contributed by atoms with Crippen LogP contribution >= 0.6 is 0 Å². The summed E-state index contributed by atoms with van der Waals surface area (Å²) in [5.41, 5.74) is 1.37. The Bertz CT molecular complexity index is 488. The van der Waals surface area contributed by atoms with E-state index in [4.69, 9.17) is 4.74 Å². The van der Waals surface area contributed by atoms with Gasteiger partial charge in [-0.05, 0) is 36.5 Å². The van der Waals surface area contributed by atoms with Gasteiger partial charge in [-0.25, -0.2) is 0 Å². The molecule has 1 aliphatic carbocycles. The van der Waals surface area contributed by atoms with Crippen molar-refractivity contribution in [3.8, 4) is 5.75 Å². The topological polar surface area (TPSA) is 41.6 Å². The van der Waals surface area contributed by atoms with E-state index >= 15 is 0 Å². The summed E-state index contributed by atoms with van der Waals surface area (Å²) in [6.07, 6.45) is 5.39. The summed E-state index contributed by atoms with van der Waals surface area (Å²) < 4.78 is 5.16. The minimum absolute atomic E-state index is 0.262. The minimum Gasteiger partial charge on any atom is -0.427 e. The molecule has 3 rings (SSSR count). The molecule has 0 amide bonds. The molecule has 0 aromatic heterocycles. The number of rotatable bonds is 4. The predicted molar refractivity (Wildman–Crippen MR) is 86.9 cm³/mol. The molecule has 1 saturated carbocycles. The normalized spacial score (nSPS) is 21.7. The van der Waals surface area contributed by atoms with Crippen molar-refractivity contribution in [3.05, 3.63) is 29.8 Å². The van der Waals surface area contributed by atoms with Crippen molar-refractivity contribution >= 4 is 5.97 Å². The van der Waals surface area contributed by atoms with Gasteiger partial charge in [0.25, 0.3) is 0 Å². The van der Waals surface area contributed by atoms with Gasteiger partial charge >= 0.3 is 5.97 Å². The van der Waals surface area contributed by atoms with E-state index in [9.17, 15) is 4.79 Å². The quantitative estimate of drug-likeness (QED) is 0.686. The highest BCUT2D eigenvalue weighted by molar-refractivity contribution is 5.69. The fourth-order valence-corrected chi connectivity index (χ4v) is 3.91. The van der Waals surface area contributed by atoms with Crippen molar-refractivity contribution in [2.45, 2.75) is 38.6 Å². The summed E-state index contributed by atoms with van der Waals surface area (Å²) in [7, 11) is 0. The number of piperazine rings is 1. The van der Waals surface area contributed by atoms with Gasteiger partial charge in [-0.1, -0.05) is 25.0 Å². The molecule has 1 aromatic carbocycles. The molecule has 0 unspecified atom stereocenters. The highest BCUT2D eigenvalue weighted by atomic mass is 16.5. The summed E-state index contributed by atoms with van der Waals surface area (Å²) in [6.45, 7) is 5.83. The maximum atomic E-state index is 11.1. The van der Waals surface area contributed by atoms with Crippen LogP contribution in [0.1, 0.15) is 44.2 Å². The maximum absolute atomic E-state index is 11.1. The van der Waals surface area contributed by atoms with Gasteiger partial charge in [-0.2, -0.15) is 0 Å². The van der Waals surface area contributed by atoms with Gasteiger partial charge in [-0.15, -0.1) is 0 Å². The smallest absolute Gasteiger partial charge is 0.308 e. The number of nitrogens with zero attached hydrogens (tertiary/aromatic N) is 1. The Labute approximate surface area is 132 Å². The van der Waals surface area contributed by atoms with E-state index in [1.54, 1.807) is 0 Å². The standard InChI is InChI=1S/C18H26N2O2/c1-14(21)22-17-8-6-16(7-9-17)18(15-4-2-3-5-15)20-12-10-19-11-13-20/h6-9,15,18-19H,2-5,10-13H2,1H3/t18-/m0/s1. The van der Waals surface area contributed by atoms with Crippen LogP contribution in [-0.2, 0) is 4.79 Å². The van der Waals surface area contributed by atoms with Crippen molar-refractivity contribution < 1.29 is 9.53 Å². The van der Waals surface area contributed by atoms with Gasteiger partial charge in [0.1, 0.15) is 5.75 Å². The van der Waals surface area contributed by atoms with Crippen LogP contribution < -0.4 is 10.1 Å². The second-order valence-electron chi connectivity index (χ2n) is 6.44. The molecule has 120 valence electrons. The van der Waals surface area contributed by atoms with Gasteiger partial charge < -0.3 is 10.1 Å². The van der Waals surface area contributed by atoms with Crippen LogP contribution in [0.25, 0.3) is 0 Å². The second-order valence-corrected chi connectivity index (χ2v) is 6.44. The average molecular weight is 302 g/mol. The number of ether oxygens (including phenoxy) is 1. The molecule has 2 aliphatic rings. The van der Waals surface area contributed by atoms with Gasteiger partial charge in [0, 0.05) is 39.1 Å². The van der Waals surface area contributed by atoms with Crippen LogP contribution in [0.5, 0.6) is 5.75 Å². The molecule has 2 fully saturated rings. The Morgan fingerprint density at radius 2 is 1.82 bits per heavy atom. The number of carbonyl (C=O) groups excluding carboxylic acids is 1. The number of esters is 1. The molecule has 0 radical (unpaired) electrons. The number of carbonyl (C=O) groups is 1. The highest BCUT2D eigenvalue weighted by Gasteiger charge is 2.31. The van der Waals surface area contributed by atoms with E-state index < -0.39 is 0 Å². The Morgan fingerprint density at radius 3 is 2.41 bits per heavy atom. The second kappa shape index (κ2) is 7.25. The molecule has 4 nitrogen and oxygen atoms in total. The first-order chi connectivity index (χ1) is 10.7. The van der Waals surface area contributed by atoms with Gasteiger partial charge in [-0.3, -0.25) is 9.69 Å². The Balaban J connectivity index is 1.79. The summed E-state index contributed by atoms with van der Waals surface area (Å²) in [5.74, 6) is 1.14. The number of hydrogen-bond donors (Lipinski definition) is 1. The minimum atomic E-state index is -0.262. The zero-order chi connectivity index (χ0) is 15.4. The van der Waals surface area contributed by atoms with Crippen molar-refractivity contribution in [3.63, 3.8) is 0 Å². The van der Waals surface area contributed by atoms with Crippen LogP contribution in [0.4, 0.5) is 0 Å². The fourth-order valence-electron chi connectivity index (χ4n) is 3.91. The lowest BCUT2D eigenvalue weighted by Gasteiger charge is -2.38. The van der Waals surface area contributed by atoms with Gasteiger partial charge in [0.15, 0.2) is 0 Å². The van der Waals surface area contributed by atoms with E-state index in [1.165, 1.54) is 38.2 Å². The zero-order valence-electron chi connectivity index (χ0n) is 13.4. The molecule has 1 N–H and O–H groups in total. The van der Waals surface area contributed by atoms with Crippen molar-refractivity contribution in [1.82, 2.24) is 10.2 Å². The molecule has 1 saturated heterocycles. The van der Waals surface area contributed by atoms with Crippen molar-refractivity contribution in [2.24, 2.45) is 5.92 Å². The Morgan fingerprint density at radius 1 is 1.18 bits per heavy atom.